The van der Waals surface area contributed by atoms with E-state index in [1.807, 2.05) is 0 Å². The molecule has 0 radical (unpaired) electrons. The fraction of sp³-hybridized carbons (Fsp3) is 0.333. The Bertz CT molecular complexity index is 473. The third kappa shape index (κ3) is 3.59. The lowest BCUT2D eigenvalue weighted by atomic mass is 10.1. The number of aliphatic carboxylic acids is 1. The number of hydrogen-bond acceptors (Lipinski definition) is 5. The Kier molecular flexibility index (Phi) is 5.13. The summed E-state index contributed by atoms with van der Waals surface area (Å²) in [6.07, 6.45) is 0. The predicted molar refractivity (Wildman–Crippen MR) is 65.5 cm³/mol. The predicted octanol–water partition coefficient (Wildman–Crippen LogP) is -0.121. The van der Waals surface area contributed by atoms with Crippen LogP contribution in [0.15, 0.2) is 18.2 Å². The third-order valence-corrected chi connectivity index (χ3v) is 2.43. The highest BCUT2D eigenvalue weighted by atomic mass is 16.5. The number of ether oxygens (including phenoxy) is 2. The molecule has 0 saturated heterocycles. The van der Waals surface area contributed by atoms with E-state index in [0.717, 1.165) is 0 Å². The lowest BCUT2D eigenvalue weighted by Crippen LogP contribution is -2.43. The van der Waals surface area contributed by atoms with Gasteiger partial charge in [-0.1, -0.05) is 0 Å². The van der Waals surface area contributed by atoms with Crippen LogP contribution in [0.25, 0.3) is 0 Å². The highest BCUT2D eigenvalue weighted by Crippen LogP contribution is 2.27. The minimum atomic E-state index is -1.35. The van der Waals surface area contributed by atoms with Crippen LogP contribution >= 0.6 is 0 Å². The number of hydrogen-bond donors (Lipinski definition) is 3. The second-order valence-corrected chi connectivity index (χ2v) is 3.62. The van der Waals surface area contributed by atoms with Crippen molar-refractivity contribution in [3.05, 3.63) is 23.8 Å². The van der Waals surface area contributed by atoms with Crippen LogP contribution in [0, 0.1) is 0 Å². The van der Waals surface area contributed by atoms with Crippen LogP contribution in [-0.4, -0.2) is 49.0 Å². The topological polar surface area (TPSA) is 105 Å². The zero-order chi connectivity index (χ0) is 14.4. The molecule has 1 unspecified atom stereocenters. The summed E-state index contributed by atoms with van der Waals surface area (Å²) >= 11 is 0. The average Bonchev–Trinajstić information content (AvgIpc) is 2.43. The summed E-state index contributed by atoms with van der Waals surface area (Å²) in [6.45, 7) is -0.686. The molecule has 104 valence electrons. The van der Waals surface area contributed by atoms with Crippen molar-refractivity contribution in [2.45, 2.75) is 6.04 Å². The van der Waals surface area contributed by atoms with Crippen LogP contribution in [0.1, 0.15) is 10.4 Å². The highest BCUT2D eigenvalue weighted by Gasteiger charge is 2.20. The molecule has 0 spiro atoms. The summed E-state index contributed by atoms with van der Waals surface area (Å²) in [4.78, 5) is 22.5. The molecule has 1 amide bonds. The van der Waals surface area contributed by atoms with Gasteiger partial charge in [0, 0.05) is 5.56 Å². The molecule has 0 aliphatic heterocycles. The molecule has 1 rings (SSSR count). The second kappa shape index (κ2) is 6.60. The summed E-state index contributed by atoms with van der Waals surface area (Å²) in [7, 11) is 2.89. The molecule has 7 heteroatoms. The molecule has 0 heterocycles. The summed E-state index contributed by atoms with van der Waals surface area (Å²) in [5.41, 5.74) is 0.206. The Balaban J connectivity index is 2.91. The minimum Gasteiger partial charge on any atom is -0.493 e. The number of carbonyl (C=O) groups is 2. The number of carbonyl (C=O) groups excluding carboxylic acids is 1. The number of benzene rings is 1. The van der Waals surface area contributed by atoms with Gasteiger partial charge in [0.1, 0.15) is 0 Å². The van der Waals surface area contributed by atoms with Gasteiger partial charge in [-0.05, 0) is 18.2 Å². The van der Waals surface area contributed by atoms with Gasteiger partial charge in [0.25, 0.3) is 5.91 Å². The minimum absolute atomic E-state index is 0.206. The van der Waals surface area contributed by atoms with Crippen LogP contribution in [0.5, 0.6) is 11.5 Å². The molecule has 1 aromatic rings. The second-order valence-electron chi connectivity index (χ2n) is 3.62. The number of carboxylic acid groups (broad SMARTS) is 1. The van der Waals surface area contributed by atoms with Crippen molar-refractivity contribution in [1.82, 2.24) is 5.32 Å². The van der Waals surface area contributed by atoms with Crippen molar-refractivity contribution in [1.29, 1.82) is 0 Å². The Labute approximate surface area is 109 Å². The molecule has 1 atom stereocenters. The largest absolute Gasteiger partial charge is 0.493 e. The van der Waals surface area contributed by atoms with E-state index in [1.54, 1.807) is 0 Å². The third-order valence-electron chi connectivity index (χ3n) is 2.43. The van der Waals surface area contributed by atoms with E-state index in [4.69, 9.17) is 19.7 Å². The first-order valence-corrected chi connectivity index (χ1v) is 5.40. The fourth-order valence-electron chi connectivity index (χ4n) is 1.40. The van der Waals surface area contributed by atoms with E-state index in [2.05, 4.69) is 5.32 Å². The van der Waals surface area contributed by atoms with Gasteiger partial charge in [-0.2, -0.15) is 0 Å². The smallest absolute Gasteiger partial charge is 0.328 e. The number of aliphatic hydroxyl groups excluding tert-OH is 1. The summed E-state index contributed by atoms with van der Waals surface area (Å²) in [5, 5.41) is 19.8. The van der Waals surface area contributed by atoms with Gasteiger partial charge in [-0.3, -0.25) is 4.79 Å². The quantitative estimate of drug-likeness (QED) is 0.665. The van der Waals surface area contributed by atoms with E-state index in [1.165, 1.54) is 32.4 Å². The monoisotopic (exact) mass is 269 g/mol. The normalized spacial score (nSPS) is 11.5. The molecule has 19 heavy (non-hydrogen) atoms. The Morgan fingerprint density at radius 3 is 2.37 bits per heavy atom. The van der Waals surface area contributed by atoms with Crippen LogP contribution in [0.2, 0.25) is 0 Å². The first-order chi connectivity index (χ1) is 9.03. The van der Waals surface area contributed by atoms with Gasteiger partial charge in [-0.15, -0.1) is 0 Å². The van der Waals surface area contributed by atoms with Gasteiger partial charge >= 0.3 is 5.97 Å². The van der Waals surface area contributed by atoms with E-state index in [9.17, 15) is 9.59 Å². The molecular weight excluding hydrogens is 254 g/mol. The summed E-state index contributed by atoms with van der Waals surface area (Å²) in [5.74, 6) is -1.12. The summed E-state index contributed by atoms with van der Waals surface area (Å²) in [6, 6.07) is 3.07. The van der Waals surface area contributed by atoms with Gasteiger partial charge in [-0.25, -0.2) is 4.79 Å². The molecule has 0 saturated carbocycles. The maximum atomic E-state index is 11.8. The average molecular weight is 269 g/mol. The van der Waals surface area contributed by atoms with Gasteiger partial charge < -0.3 is 25.0 Å². The van der Waals surface area contributed by atoms with Crippen molar-refractivity contribution < 1.29 is 29.3 Å². The number of aliphatic hydroxyl groups is 1. The van der Waals surface area contributed by atoms with Crippen LogP contribution in [-0.2, 0) is 4.79 Å². The molecule has 3 N–H and O–H groups in total. The zero-order valence-electron chi connectivity index (χ0n) is 10.5. The van der Waals surface area contributed by atoms with Gasteiger partial charge in [0.2, 0.25) is 0 Å². The SMILES string of the molecule is COc1ccc(C(=O)NC(CO)C(=O)O)cc1OC. The van der Waals surface area contributed by atoms with Crippen LogP contribution < -0.4 is 14.8 Å². The number of carboxylic acids is 1. The number of rotatable bonds is 6. The molecular formula is C12H15NO6. The molecule has 1 aromatic carbocycles. The number of amides is 1. The van der Waals surface area contributed by atoms with E-state index in [-0.39, 0.29) is 5.56 Å². The molecule has 0 aliphatic rings. The number of methoxy groups -OCH3 is 2. The van der Waals surface area contributed by atoms with E-state index in [0.29, 0.717) is 11.5 Å². The Morgan fingerprint density at radius 2 is 1.89 bits per heavy atom. The zero-order valence-corrected chi connectivity index (χ0v) is 10.5. The maximum absolute atomic E-state index is 11.8. The highest BCUT2D eigenvalue weighted by molar-refractivity contribution is 5.97. The maximum Gasteiger partial charge on any atom is 0.328 e. The molecule has 0 aromatic heterocycles. The first-order valence-electron chi connectivity index (χ1n) is 5.40. The molecule has 0 fully saturated rings. The van der Waals surface area contributed by atoms with E-state index < -0.39 is 24.5 Å². The first kappa shape index (κ1) is 14.8. The van der Waals surface area contributed by atoms with Crippen LogP contribution in [0.3, 0.4) is 0 Å². The standard InChI is InChI=1S/C12H15NO6/c1-18-9-4-3-7(5-10(9)19-2)11(15)13-8(6-14)12(16)17/h3-5,8,14H,6H2,1-2H3,(H,13,15)(H,16,17). The molecule has 0 bridgehead atoms. The lowest BCUT2D eigenvalue weighted by molar-refractivity contribution is -0.140. The van der Waals surface area contributed by atoms with Crippen molar-refractivity contribution in [2.24, 2.45) is 0 Å². The van der Waals surface area contributed by atoms with Crippen molar-refractivity contribution in [3.8, 4) is 11.5 Å². The molecule has 7 nitrogen and oxygen atoms in total. The van der Waals surface area contributed by atoms with E-state index >= 15 is 0 Å². The Morgan fingerprint density at radius 1 is 1.26 bits per heavy atom. The molecule has 0 aliphatic carbocycles. The van der Waals surface area contributed by atoms with Crippen LogP contribution in [0.4, 0.5) is 0 Å². The van der Waals surface area contributed by atoms with Gasteiger partial charge in [0.05, 0.1) is 20.8 Å². The lowest BCUT2D eigenvalue weighted by Gasteiger charge is -2.13. The fourth-order valence-corrected chi connectivity index (χ4v) is 1.40. The number of nitrogens with one attached hydrogen (secondary N) is 1. The van der Waals surface area contributed by atoms with Crippen molar-refractivity contribution in [3.63, 3.8) is 0 Å². The van der Waals surface area contributed by atoms with Crippen molar-refractivity contribution >= 4 is 11.9 Å². The van der Waals surface area contributed by atoms with Crippen molar-refractivity contribution in [2.75, 3.05) is 20.8 Å². The summed E-state index contributed by atoms with van der Waals surface area (Å²) < 4.78 is 10.1. The Hall–Kier alpha value is -2.28. The van der Waals surface area contributed by atoms with Gasteiger partial charge in [0.15, 0.2) is 17.5 Å².